The van der Waals surface area contributed by atoms with Gasteiger partial charge in [-0.3, -0.25) is 4.72 Å². The average Bonchev–Trinajstić information content (AvgIpc) is 2.65. The number of nitrogens with one attached hydrogen (secondary N) is 1. The third-order valence-corrected chi connectivity index (χ3v) is 4.73. The highest BCUT2D eigenvalue weighted by Crippen LogP contribution is 2.24. The van der Waals surface area contributed by atoms with E-state index in [1.807, 2.05) is 0 Å². The van der Waals surface area contributed by atoms with Crippen molar-refractivity contribution < 1.29 is 26.7 Å². The molecule has 0 amide bonds. The first-order valence-corrected chi connectivity index (χ1v) is 8.98. The predicted molar refractivity (Wildman–Crippen MR) is 92.3 cm³/mol. The van der Waals surface area contributed by atoms with Gasteiger partial charge in [0.05, 0.1) is 30.1 Å². The standard InChI is InChI=1S/C17H13F2N3O4S/c1-25-15-7-6-12(8-14(15)19)27(23,24)22-11-9-20-17(21-10-11)26-16-5-3-2-4-13(16)18/h2-10,22H,1H3. The smallest absolute Gasteiger partial charge is 0.322 e. The number of nitrogens with zero attached hydrogens (tertiary/aromatic N) is 2. The molecule has 1 N–H and O–H groups in total. The van der Waals surface area contributed by atoms with Crippen molar-refractivity contribution in [1.82, 2.24) is 9.97 Å². The molecule has 0 unspecified atom stereocenters. The molecule has 7 nitrogen and oxygen atoms in total. The Morgan fingerprint density at radius 1 is 0.963 bits per heavy atom. The number of aromatic nitrogens is 2. The van der Waals surface area contributed by atoms with Gasteiger partial charge < -0.3 is 9.47 Å². The van der Waals surface area contributed by atoms with E-state index in [4.69, 9.17) is 9.47 Å². The van der Waals surface area contributed by atoms with Crippen LogP contribution in [-0.4, -0.2) is 25.5 Å². The van der Waals surface area contributed by atoms with Crippen LogP contribution in [0.25, 0.3) is 0 Å². The van der Waals surface area contributed by atoms with Crippen LogP contribution in [0.3, 0.4) is 0 Å². The van der Waals surface area contributed by atoms with E-state index in [1.165, 1.54) is 37.4 Å². The Hall–Kier alpha value is -3.27. The Kier molecular flexibility index (Phi) is 5.17. The maximum atomic E-state index is 13.7. The van der Waals surface area contributed by atoms with Gasteiger partial charge in [0.2, 0.25) is 0 Å². The van der Waals surface area contributed by atoms with Gasteiger partial charge in [0.15, 0.2) is 23.1 Å². The van der Waals surface area contributed by atoms with E-state index in [-0.39, 0.29) is 28.1 Å². The third kappa shape index (κ3) is 4.29. The highest BCUT2D eigenvalue weighted by Gasteiger charge is 2.17. The lowest BCUT2D eigenvalue weighted by Crippen LogP contribution is -2.13. The first kappa shape index (κ1) is 18.5. The second-order valence-corrected chi connectivity index (χ2v) is 6.87. The molecular formula is C17H13F2N3O4S. The minimum atomic E-state index is -4.07. The van der Waals surface area contributed by atoms with E-state index in [1.54, 1.807) is 6.07 Å². The Balaban J connectivity index is 1.75. The molecule has 3 aromatic rings. The van der Waals surface area contributed by atoms with Crippen LogP contribution in [0.4, 0.5) is 14.5 Å². The van der Waals surface area contributed by atoms with Crippen molar-refractivity contribution in [3.63, 3.8) is 0 Å². The van der Waals surface area contributed by atoms with Crippen molar-refractivity contribution in [2.75, 3.05) is 11.8 Å². The van der Waals surface area contributed by atoms with Crippen LogP contribution < -0.4 is 14.2 Å². The van der Waals surface area contributed by atoms with Crippen molar-refractivity contribution in [1.29, 1.82) is 0 Å². The molecule has 0 aliphatic carbocycles. The van der Waals surface area contributed by atoms with Crippen LogP contribution in [0.15, 0.2) is 59.8 Å². The van der Waals surface area contributed by atoms with Gasteiger partial charge in [-0.15, -0.1) is 0 Å². The number of hydrogen-bond acceptors (Lipinski definition) is 6. The Bertz CT molecular complexity index is 1060. The quantitative estimate of drug-likeness (QED) is 0.691. The van der Waals surface area contributed by atoms with Gasteiger partial charge in [0.1, 0.15) is 0 Å². The minimum absolute atomic E-state index is 0.0205. The van der Waals surface area contributed by atoms with Gasteiger partial charge in [-0.05, 0) is 30.3 Å². The van der Waals surface area contributed by atoms with Gasteiger partial charge in [0, 0.05) is 0 Å². The first-order valence-electron chi connectivity index (χ1n) is 7.50. The zero-order valence-electron chi connectivity index (χ0n) is 13.9. The molecule has 1 heterocycles. The molecular weight excluding hydrogens is 380 g/mol. The van der Waals surface area contributed by atoms with Crippen molar-refractivity contribution in [3.05, 3.63) is 66.5 Å². The van der Waals surface area contributed by atoms with Gasteiger partial charge in [-0.2, -0.15) is 0 Å². The van der Waals surface area contributed by atoms with Crippen LogP contribution >= 0.6 is 0 Å². The molecule has 0 atom stereocenters. The monoisotopic (exact) mass is 393 g/mol. The molecule has 140 valence electrons. The number of ether oxygens (including phenoxy) is 2. The summed E-state index contributed by atoms with van der Waals surface area (Å²) in [6.45, 7) is 0. The van der Waals surface area contributed by atoms with Gasteiger partial charge >= 0.3 is 6.01 Å². The fourth-order valence-corrected chi connectivity index (χ4v) is 3.12. The Morgan fingerprint density at radius 2 is 1.67 bits per heavy atom. The van der Waals surface area contributed by atoms with Crippen LogP contribution in [0, 0.1) is 11.6 Å². The maximum Gasteiger partial charge on any atom is 0.322 e. The van der Waals surface area contributed by atoms with E-state index in [0.717, 1.165) is 18.5 Å². The van der Waals surface area contributed by atoms with Crippen molar-refractivity contribution in [3.8, 4) is 17.5 Å². The number of para-hydroxylation sites is 1. The molecule has 0 aliphatic rings. The summed E-state index contributed by atoms with van der Waals surface area (Å²) < 4.78 is 64.0. The fraction of sp³-hybridized carbons (Fsp3) is 0.0588. The van der Waals surface area contributed by atoms with Crippen LogP contribution in [-0.2, 0) is 10.0 Å². The summed E-state index contributed by atoms with van der Waals surface area (Å²) in [4.78, 5) is 7.34. The molecule has 0 saturated heterocycles. The zero-order chi connectivity index (χ0) is 19.4. The summed E-state index contributed by atoms with van der Waals surface area (Å²) in [6, 6.07) is 8.75. The van der Waals surface area contributed by atoms with Gasteiger partial charge in [-0.1, -0.05) is 12.1 Å². The lowest BCUT2D eigenvalue weighted by molar-refractivity contribution is 0.385. The summed E-state index contributed by atoms with van der Waals surface area (Å²) in [5.41, 5.74) is 0.0205. The maximum absolute atomic E-state index is 13.7. The summed E-state index contributed by atoms with van der Waals surface area (Å²) in [6.07, 6.45) is 2.28. The molecule has 10 heteroatoms. The molecule has 0 spiro atoms. The molecule has 3 rings (SSSR count). The predicted octanol–water partition coefficient (Wildman–Crippen LogP) is 3.36. The topological polar surface area (TPSA) is 90.4 Å². The molecule has 2 aromatic carbocycles. The third-order valence-electron chi connectivity index (χ3n) is 3.35. The molecule has 1 aromatic heterocycles. The second-order valence-electron chi connectivity index (χ2n) is 5.19. The number of rotatable bonds is 6. The number of halogens is 2. The highest BCUT2D eigenvalue weighted by molar-refractivity contribution is 7.92. The minimum Gasteiger partial charge on any atom is -0.494 e. The van der Waals surface area contributed by atoms with E-state index < -0.39 is 21.7 Å². The lowest BCUT2D eigenvalue weighted by atomic mass is 10.3. The largest absolute Gasteiger partial charge is 0.494 e. The average molecular weight is 393 g/mol. The summed E-state index contributed by atoms with van der Waals surface area (Å²) in [7, 11) is -2.79. The fourth-order valence-electron chi connectivity index (χ4n) is 2.08. The Morgan fingerprint density at radius 3 is 2.30 bits per heavy atom. The first-order chi connectivity index (χ1) is 12.9. The lowest BCUT2D eigenvalue weighted by Gasteiger charge is -2.09. The SMILES string of the molecule is COc1ccc(S(=O)(=O)Nc2cnc(Oc3ccccc3F)nc2)cc1F. The van der Waals surface area contributed by atoms with Crippen LogP contribution in [0.2, 0.25) is 0 Å². The molecule has 0 bridgehead atoms. The summed E-state index contributed by atoms with van der Waals surface area (Å²) in [5.74, 6) is -1.55. The van der Waals surface area contributed by atoms with Gasteiger partial charge in [0.25, 0.3) is 10.0 Å². The molecule has 0 fully saturated rings. The number of methoxy groups -OCH3 is 1. The van der Waals surface area contributed by atoms with E-state index in [9.17, 15) is 17.2 Å². The molecule has 27 heavy (non-hydrogen) atoms. The van der Waals surface area contributed by atoms with Crippen LogP contribution in [0.1, 0.15) is 0 Å². The van der Waals surface area contributed by atoms with Crippen molar-refractivity contribution in [2.24, 2.45) is 0 Å². The normalized spacial score (nSPS) is 11.1. The summed E-state index contributed by atoms with van der Waals surface area (Å²) >= 11 is 0. The van der Waals surface area contributed by atoms with Gasteiger partial charge in [-0.25, -0.2) is 27.2 Å². The van der Waals surface area contributed by atoms with E-state index in [0.29, 0.717) is 0 Å². The Labute approximate surface area is 153 Å². The number of benzene rings is 2. The van der Waals surface area contributed by atoms with Crippen molar-refractivity contribution in [2.45, 2.75) is 4.90 Å². The van der Waals surface area contributed by atoms with E-state index >= 15 is 0 Å². The number of hydrogen-bond donors (Lipinski definition) is 1. The van der Waals surface area contributed by atoms with Crippen LogP contribution in [0.5, 0.6) is 17.5 Å². The summed E-state index contributed by atoms with van der Waals surface area (Å²) in [5, 5.41) is 0. The molecule has 0 radical (unpaired) electrons. The molecule has 0 saturated carbocycles. The zero-order valence-corrected chi connectivity index (χ0v) is 14.7. The second kappa shape index (κ2) is 7.54. The number of anilines is 1. The number of sulfonamides is 1. The van der Waals surface area contributed by atoms with E-state index in [2.05, 4.69) is 14.7 Å². The highest BCUT2D eigenvalue weighted by atomic mass is 32.2. The van der Waals surface area contributed by atoms with Crippen molar-refractivity contribution >= 4 is 15.7 Å². The molecule has 0 aliphatic heterocycles.